The van der Waals surface area contributed by atoms with Gasteiger partial charge in [0.05, 0.1) is 4.92 Å². The van der Waals surface area contributed by atoms with E-state index in [2.05, 4.69) is 27.7 Å². The number of carbonyl (C=O) groups excluding carboxylic acids is 1. The molecule has 0 atom stereocenters. The minimum absolute atomic E-state index is 0.0530. The number of nitrogens with one attached hydrogen (secondary N) is 2. The molecule has 0 unspecified atom stereocenters. The summed E-state index contributed by atoms with van der Waals surface area (Å²) in [5.41, 5.74) is 2.92. The van der Waals surface area contributed by atoms with Crippen LogP contribution in [0.1, 0.15) is 12.0 Å². The highest BCUT2D eigenvalue weighted by molar-refractivity contribution is 5.89. The van der Waals surface area contributed by atoms with E-state index in [1.165, 1.54) is 23.4 Å². The largest absolute Gasteiger partial charge is 0.370 e. The van der Waals surface area contributed by atoms with Gasteiger partial charge >= 0.3 is 6.03 Å². The van der Waals surface area contributed by atoms with Gasteiger partial charge in [0.15, 0.2) is 0 Å². The maximum absolute atomic E-state index is 12.0. The number of anilines is 2. The molecule has 0 aromatic heterocycles. The molecular weight excluding hydrogens is 320 g/mol. The van der Waals surface area contributed by atoms with Crippen LogP contribution in [0.4, 0.5) is 21.9 Å². The van der Waals surface area contributed by atoms with Crippen LogP contribution in [0.2, 0.25) is 0 Å². The summed E-state index contributed by atoms with van der Waals surface area (Å²) in [5, 5.41) is 16.2. The van der Waals surface area contributed by atoms with E-state index in [0.29, 0.717) is 12.2 Å². The lowest BCUT2D eigenvalue weighted by Crippen LogP contribution is -2.39. The maximum atomic E-state index is 12.0. The van der Waals surface area contributed by atoms with Gasteiger partial charge in [-0.25, -0.2) is 4.79 Å². The van der Waals surface area contributed by atoms with Gasteiger partial charge in [-0.15, -0.1) is 0 Å². The predicted octanol–water partition coefficient (Wildman–Crippen LogP) is 3.17. The summed E-state index contributed by atoms with van der Waals surface area (Å²) < 4.78 is 0. The summed E-state index contributed by atoms with van der Waals surface area (Å²) in [5.74, 6) is 0. The smallest absolute Gasteiger partial charge is 0.319 e. The minimum atomic E-state index is -0.489. The zero-order chi connectivity index (χ0) is 17.6. The second kappa shape index (κ2) is 7.65. The number of urea groups is 1. The van der Waals surface area contributed by atoms with Crippen LogP contribution in [0.3, 0.4) is 0 Å². The van der Waals surface area contributed by atoms with Crippen molar-refractivity contribution in [2.24, 2.45) is 0 Å². The molecule has 0 fully saturated rings. The third-order valence-electron chi connectivity index (χ3n) is 4.19. The number of fused-ring (bicyclic) bond motifs is 1. The Kier molecular flexibility index (Phi) is 5.13. The van der Waals surface area contributed by atoms with Crippen molar-refractivity contribution in [1.82, 2.24) is 5.32 Å². The molecule has 3 rings (SSSR count). The summed E-state index contributed by atoms with van der Waals surface area (Å²) in [6, 6.07) is 13.8. The maximum Gasteiger partial charge on any atom is 0.319 e. The van der Waals surface area contributed by atoms with Gasteiger partial charge in [-0.1, -0.05) is 24.3 Å². The van der Waals surface area contributed by atoms with Crippen molar-refractivity contribution in [2.45, 2.75) is 12.8 Å². The third kappa shape index (κ3) is 4.26. The molecular formula is C18H20N4O3. The van der Waals surface area contributed by atoms with Gasteiger partial charge in [-0.05, 0) is 30.5 Å². The Morgan fingerprint density at radius 3 is 2.88 bits per heavy atom. The molecule has 130 valence electrons. The molecule has 0 bridgehead atoms. The van der Waals surface area contributed by atoms with Crippen LogP contribution < -0.4 is 15.5 Å². The number of hydrogen-bond donors (Lipinski definition) is 2. The predicted molar refractivity (Wildman–Crippen MR) is 97.1 cm³/mol. The van der Waals surface area contributed by atoms with Crippen LogP contribution in [0.25, 0.3) is 0 Å². The zero-order valence-electron chi connectivity index (χ0n) is 13.8. The number of benzene rings is 2. The number of aryl methyl sites for hydroxylation is 1. The van der Waals surface area contributed by atoms with Gasteiger partial charge in [-0.2, -0.15) is 0 Å². The highest BCUT2D eigenvalue weighted by Crippen LogP contribution is 2.26. The molecule has 0 spiro atoms. The topological polar surface area (TPSA) is 87.5 Å². The lowest BCUT2D eigenvalue weighted by molar-refractivity contribution is -0.384. The first-order valence-corrected chi connectivity index (χ1v) is 8.25. The van der Waals surface area contributed by atoms with E-state index in [0.717, 1.165) is 25.9 Å². The fraction of sp³-hybridized carbons (Fsp3) is 0.278. The van der Waals surface area contributed by atoms with Crippen LogP contribution in [0.5, 0.6) is 0 Å². The number of carbonyl (C=O) groups is 1. The van der Waals surface area contributed by atoms with E-state index >= 15 is 0 Å². The number of nitro groups is 1. The van der Waals surface area contributed by atoms with E-state index in [1.54, 1.807) is 12.1 Å². The van der Waals surface area contributed by atoms with Crippen molar-refractivity contribution < 1.29 is 9.72 Å². The van der Waals surface area contributed by atoms with Gasteiger partial charge in [0.25, 0.3) is 5.69 Å². The molecule has 7 nitrogen and oxygen atoms in total. The number of rotatable bonds is 5. The second-order valence-electron chi connectivity index (χ2n) is 5.91. The van der Waals surface area contributed by atoms with Crippen molar-refractivity contribution in [3.8, 4) is 0 Å². The van der Waals surface area contributed by atoms with Gasteiger partial charge in [-0.3, -0.25) is 10.1 Å². The Labute approximate surface area is 145 Å². The number of non-ortho nitro benzene ring substituents is 1. The number of amides is 2. The van der Waals surface area contributed by atoms with E-state index < -0.39 is 4.92 Å². The Morgan fingerprint density at radius 2 is 2.04 bits per heavy atom. The molecule has 25 heavy (non-hydrogen) atoms. The Morgan fingerprint density at radius 1 is 1.20 bits per heavy atom. The van der Waals surface area contributed by atoms with Crippen molar-refractivity contribution in [3.63, 3.8) is 0 Å². The Balaban J connectivity index is 1.50. The lowest BCUT2D eigenvalue weighted by atomic mass is 10.0. The van der Waals surface area contributed by atoms with Gasteiger partial charge < -0.3 is 15.5 Å². The average molecular weight is 340 g/mol. The average Bonchev–Trinajstić information content (AvgIpc) is 2.62. The highest BCUT2D eigenvalue weighted by atomic mass is 16.6. The standard InChI is InChI=1S/C18H20N4O3/c23-18(20-15-7-3-8-16(13-15)22(24)25)19-10-12-21-11-4-6-14-5-1-2-9-17(14)21/h1-3,5,7-9,13H,4,6,10-12H2,(H2,19,20,23). The van der Waals surface area contributed by atoms with Gasteiger partial charge in [0.2, 0.25) is 0 Å². The van der Waals surface area contributed by atoms with Crippen LogP contribution in [-0.4, -0.2) is 30.6 Å². The molecule has 2 aromatic carbocycles. The SMILES string of the molecule is O=C(NCCN1CCCc2ccccc21)Nc1cccc([N+](=O)[O-])c1. The fourth-order valence-corrected chi connectivity index (χ4v) is 3.02. The van der Waals surface area contributed by atoms with Gasteiger partial charge in [0.1, 0.15) is 0 Å². The van der Waals surface area contributed by atoms with E-state index in [9.17, 15) is 14.9 Å². The van der Waals surface area contributed by atoms with Crippen LogP contribution in [-0.2, 0) is 6.42 Å². The molecule has 0 radical (unpaired) electrons. The minimum Gasteiger partial charge on any atom is -0.370 e. The molecule has 1 aliphatic heterocycles. The molecule has 0 saturated heterocycles. The monoisotopic (exact) mass is 340 g/mol. The normalized spacial score (nSPS) is 13.0. The molecule has 1 aliphatic rings. The summed E-state index contributed by atoms with van der Waals surface area (Å²) in [6.45, 7) is 2.19. The van der Waals surface area contributed by atoms with Crippen molar-refractivity contribution in [1.29, 1.82) is 0 Å². The first-order chi connectivity index (χ1) is 12.1. The summed E-state index contributed by atoms with van der Waals surface area (Å²) in [6.07, 6.45) is 2.20. The van der Waals surface area contributed by atoms with Crippen molar-refractivity contribution in [3.05, 3.63) is 64.2 Å². The Bertz CT molecular complexity index is 778. The zero-order valence-corrected chi connectivity index (χ0v) is 13.8. The van der Waals surface area contributed by atoms with Crippen molar-refractivity contribution >= 4 is 23.1 Å². The van der Waals surface area contributed by atoms with Crippen LogP contribution >= 0.6 is 0 Å². The van der Waals surface area contributed by atoms with Gasteiger partial charge in [0, 0.05) is 43.1 Å². The molecule has 2 aromatic rings. The molecule has 0 saturated carbocycles. The first-order valence-electron chi connectivity index (χ1n) is 8.25. The van der Waals surface area contributed by atoms with Crippen molar-refractivity contribution in [2.75, 3.05) is 29.9 Å². The molecule has 2 N–H and O–H groups in total. The molecule has 2 amide bonds. The van der Waals surface area contributed by atoms with Crippen LogP contribution in [0, 0.1) is 10.1 Å². The number of para-hydroxylation sites is 1. The van der Waals surface area contributed by atoms with Crippen LogP contribution in [0.15, 0.2) is 48.5 Å². The number of nitro benzene ring substituents is 1. The Hall–Kier alpha value is -3.09. The summed E-state index contributed by atoms with van der Waals surface area (Å²) in [4.78, 5) is 24.5. The molecule has 0 aliphatic carbocycles. The first kappa shape index (κ1) is 16.8. The van der Waals surface area contributed by atoms with E-state index in [4.69, 9.17) is 0 Å². The molecule has 7 heteroatoms. The van der Waals surface area contributed by atoms with E-state index in [-0.39, 0.29) is 11.7 Å². The molecule has 1 heterocycles. The number of nitrogens with zero attached hydrogens (tertiary/aromatic N) is 2. The second-order valence-corrected chi connectivity index (χ2v) is 5.91. The lowest BCUT2D eigenvalue weighted by Gasteiger charge is -2.31. The summed E-state index contributed by atoms with van der Waals surface area (Å²) >= 11 is 0. The number of hydrogen-bond acceptors (Lipinski definition) is 4. The fourth-order valence-electron chi connectivity index (χ4n) is 3.02. The summed E-state index contributed by atoms with van der Waals surface area (Å²) in [7, 11) is 0. The quantitative estimate of drug-likeness (QED) is 0.646. The highest BCUT2D eigenvalue weighted by Gasteiger charge is 2.16. The van der Waals surface area contributed by atoms with E-state index in [1.807, 2.05) is 12.1 Å². The third-order valence-corrected chi connectivity index (χ3v) is 4.19.